The van der Waals surface area contributed by atoms with Crippen LogP contribution in [-0.4, -0.2) is 17.1 Å². The zero-order valence-electron chi connectivity index (χ0n) is 10.4. The molecule has 0 aromatic heterocycles. The van der Waals surface area contributed by atoms with Crippen molar-refractivity contribution >= 4 is 11.7 Å². The summed E-state index contributed by atoms with van der Waals surface area (Å²) in [6, 6.07) is 4.12. The van der Waals surface area contributed by atoms with E-state index < -0.39 is 5.97 Å². The molecule has 1 aromatic rings. The SMILES string of the molecule is CCC1CCC(Nc2cc(C(=O)O)ccc2F)C1. The molecule has 0 bridgehead atoms. The number of nitrogens with one attached hydrogen (secondary N) is 1. The number of benzene rings is 1. The van der Waals surface area contributed by atoms with E-state index in [9.17, 15) is 9.18 Å². The van der Waals surface area contributed by atoms with Crippen molar-refractivity contribution in [1.82, 2.24) is 0 Å². The van der Waals surface area contributed by atoms with Crippen LogP contribution in [0.5, 0.6) is 0 Å². The molecule has 18 heavy (non-hydrogen) atoms. The minimum absolute atomic E-state index is 0.115. The van der Waals surface area contributed by atoms with Gasteiger partial charge in [0.15, 0.2) is 0 Å². The van der Waals surface area contributed by atoms with Gasteiger partial charge in [0.25, 0.3) is 0 Å². The van der Waals surface area contributed by atoms with Crippen LogP contribution in [-0.2, 0) is 0 Å². The van der Waals surface area contributed by atoms with Crippen molar-refractivity contribution in [3.8, 4) is 0 Å². The first-order valence-electron chi connectivity index (χ1n) is 6.39. The van der Waals surface area contributed by atoms with E-state index in [0.717, 1.165) is 25.7 Å². The summed E-state index contributed by atoms with van der Waals surface area (Å²) in [6.45, 7) is 2.17. The van der Waals surface area contributed by atoms with Gasteiger partial charge in [-0.05, 0) is 43.4 Å². The molecule has 1 aromatic carbocycles. The molecule has 1 fully saturated rings. The van der Waals surface area contributed by atoms with Gasteiger partial charge in [-0.15, -0.1) is 0 Å². The van der Waals surface area contributed by atoms with Gasteiger partial charge in [0.1, 0.15) is 5.82 Å². The number of aromatic carboxylic acids is 1. The molecule has 1 saturated carbocycles. The number of carboxylic acids is 1. The van der Waals surface area contributed by atoms with E-state index in [4.69, 9.17) is 5.11 Å². The molecule has 2 rings (SSSR count). The summed E-state index contributed by atoms with van der Waals surface area (Å²) < 4.78 is 13.6. The van der Waals surface area contributed by atoms with Crippen LogP contribution in [0.25, 0.3) is 0 Å². The summed E-state index contributed by atoms with van der Waals surface area (Å²) in [4.78, 5) is 10.8. The van der Waals surface area contributed by atoms with Crippen LogP contribution in [0.4, 0.5) is 10.1 Å². The minimum atomic E-state index is -1.03. The van der Waals surface area contributed by atoms with E-state index in [2.05, 4.69) is 12.2 Å². The summed E-state index contributed by atoms with van der Waals surface area (Å²) in [5.41, 5.74) is 0.417. The highest BCUT2D eigenvalue weighted by Crippen LogP contribution is 2.30. The predicted octanol–water partition coefficient (Wildman–Crippen LogP) is 3.51. The van der Waals surface area contributed by atoms with Gasteiger partial charge in [-0.25, -0.2) is 9.18 Å². The summed E-state index contributed by atoms with van der Waals surface area (Å²) >= 11 is 0. The molecule has 3 nitrogen and oxygen atoms in total. The molecular weight excluding hydrogens is 233 g/mol. The van der Waals surface area contributed by atoms with E-state index in [1.165, 1.54) is 18.2 Å². The second-order valence-electron chi connectivity index (χ2n) is 4.93. The molecule has 0 amide bonds. The van der Waals surface area contributed by atoms with Gasteiger partial charge in [0.05, 0.1) is 11.3 Å². The Labute approximate surface area is 106 Å². The molecule has 1 aliphatic carbocycles. The van der Waals surface area contributed by atoms with Crippen molar-refractivity contribution in [2.75, 3.05) is 5.32 Å². The second kappa shape index (κ2) is 5.38. The van der Waals surface area contributed by atoms with Crippen molar-refractivity contribution in [2.45, 2.75) is 38.6 Å². The number of anilines is 1. The van der Waals surface area contributed by atoms with E-state index in [0.29, 0.717) is 11.6 Å². The highest BCUT2D eigenvalue weighted by atomic mass is 19.1. The lowest BCUT2D eigenvalue weighted by molar-refractivity contribution is 0.0697. The Morgan fingerprint density at radius 1 is 1.50 bits per heavy atom. The third-order valence-corrected chi connectivity index (χ3v) is 3.69. The largest absolute Gasteiger partial charge is 0.478 e. The smallest absolute Gasteiger partial charge is 0.335 e. The van der Waals surface area contributed by atoms with Gasteiger partial charge in [-0.2, -0.15) is 0 Å². The maximum absolute atomic E-state index is 13.6. The van der Waals surface area contributed by atoms with Crippen LogP contribution in [0, 0.1) is 11.7 Å². The van der Waals surface area contributed by atoms with Crippen LogP contribution in [0.2, 0.25) is 0 Å². The number of carboxylic acid groups (broad SMARTS) is 1. The topological polar surface area (TPSA) is 49.3 Å². The molecule has 1 aliphatic rings. The quantitative estimate of drug-likeness (QED) is 0.860. The van der Waals surface area contributed by atoms with Crippen molar-refractivity contribution in [3.63, 3.8) is 0 Å². The lowest BCUT2D eigenvalue weighted by Crippen LogP contribution is -2.17. The Morgan fingerprint density at radius 3 is 2.89 bits per heavy atom. The fourth-order valence-electron chi connectivity index (χ4n) is 2.57. The van der Waals surface area contributed by atoms with Crippen LogP contribution in [0.1, 0.15) is 43.0 Å². The summed E-state index contributed by atoms with van der Waals surface area (Å²) in [6.07, 6.45) is 4.37. The highest BCUT2D eigenvalue weighted by molar-refractivity contribution is 5.88. The first-order valence-corrected chi connectivity index (χ1v) is 6.39. The van der Waals surface area contributed by atoms with E-state index in [1.807, 2.05) is 0 Å². The van der Waals surface area contributed by atoms with Gasteiger partial charge >= 0.3 is 5.97 Å². The summed E-state index contributed by atoms with van der Waals surface area (Å²) in [5.74, 6) is -0.718. The average molecular weight is 251 g/mol. The standard InChI is InChI=1S/C14H18FNO2/c1-2-9-3-5-11(7-9)16-13-8-10(14(17)18)4-6-12(13)15/h4,6,8-9,11,16H,2-3,5,7H2,1H3,(H,17,18). The third kappa shape index (κ3) is 2.81. The van der Waals surface area contributed by atoms with Crippen molar-refractivity contribution < 1.29 is 14.3 Å². The average Bonchev–Trinajstić information content (AvgIpc) is 2.79. The molecule has 4 heteroatoms. The zero-order chi connectivity index (χ0) is 13.1. The summed E-state index contributed by atoms with van der Waals surface area (Å²) in [5, 5.41) is 12.0. The monoisotopic (exact) mass is 251 g/mol. The number of hydrogen-bond acceptors (Lipinski definition) is 2. The molecule has 0 aliphatic heterocycles. The van der Waals surface area contributed by atoms with E-state index in [-0.39, 0.29) is 17.4 Å². The maximum atomic E-state index is 13.6. The fourth-order valence-corrected chi connectivity index (χ4v) is 2.57. The molecule has 0 heterocycles. The maximum Gasteiger partial charge on any atom is 0.335 e. The van der Waals surface area contributed by atoms with E-state index in [1.54, 1.807) is 0 Å². The van der Waals surface area contributed by atoms with Gasteiger partial charge in [0.2, 0.25) is 0 Å². The number of hydrogen-bond donors (Lipinski definition) is 2. The Hall–Kier alpha value is -1.58. The number of carbonyl (C=O) groups is 1. The molecule has 98 valence electrons. The molecular formula is C14H18FNO2. The zero-order valence-corrected chi connectivity index (χ0v) is 10.4. The lowest BCUT2D eigenvalue weighted by atomic mass is 10.1. The first-order chi connectivity index (χ1) is 8.60. The van der Waals surface area contributed by atoms with Crippen molar-refractivity contribution in [1.29, 1.82) is 0 Å². The van der Waals surface area contributed by atoms with Crippen LogP contribution >= 0.6 is 0 Å². The molecule has 2 atom stereocenters. The normalized spacial score (nSPS) is 23.0. The van der Waals surface area contributed by atoms with Gasteiger partial charge in [0, 0.05) is 6.04 Å². The molecule has 0 spiro atoms. The molecule has 0 radical (unpaired) electrons. The van der Waals surface area contributed by atoms with Gasteiger partial charge < -0.3 is 10.4 Å². The lowest BCUT2D eigenvalue weighted by Gasteiger charge is -2.15. The molecule has 2 N–H and O–H groups in total. The van der Waals surface area contributed by atoms with Crippen LogP contribution < -0.4 is 5.32 Å². The third-order valence-electron chi connectivity index (χ3n) is 3.69. The minimum Gasteiger partial charge on any atom is -0.478 e. The Kier molecular flexibility index (Phi) is 3.84. The molecule has 0 saturated heterocycles. The van der Waals surface area contributed by atoms with Gasteiger partial charge in [-0.1, -0.05) is 13.3 Å². The predicted molar refractivity (Wildman–Crippen MR) is 68.4 cm³/mol. The first kappa shape index (κ1) is 12.9. The Balaban J connectivity index is 2.09. The van der Waals surface area contributed by atoms with Crippen LogP contribution in [0.3, 0.4) is 0 Å². The summed E-state index contributed by atoms with van der Waals surface area (Å²) in [7, 11) is 0. The fraction of sp³-hybridized carbons (Fsp3) is 0.500. The van der Waals surface area contributed by atoms with Crippen molar-refractivity contribution in [3.05, 3.63) is 29.6 Å². The Morgan fingerprint density at radius 2 is 2.28 bits per heavy atom. The van der Waals surface area contributed by atoms with Crippen LogP contribution in [0.15, 0.2) is 18.2 Å². The highest BCUT2D eigenvalue weighted by Gasteiger charge is 2.24. The van der Waals surface area contributed by atoms with Crippen molar-refractivity contribution in [2.24, 2.45) is 5.92 Å². The Bertz CT molecular complexity index is 447. The number of halogens is 1. The van der Waals surface area contributed by atoms with Gasteiger partial charge in [-0.3, -0.25) is 0 Å². The van der Waals surface area contributed by atoms with E-state index >= 15 is 0 Å². The molecule has 2 unspecified atom stereocenters. The number of rotatable bonds is 4. The second-order valence-corrected chi connectivity index (χ2v) is 4.93.